The molecule has 0 amide bonds. The van der Waals surface area contributed by atoms with E-state index in [0.717, 1.165) is 0 Å². The predicted octanol–water partition coefficient (Wildman–Crippen LogP) is -0.452. The van der Waals surface area contributed by atoms with Crippen molar-refractivity contribution in [2.75, 3.05) is 41.7 Å². The van der Waals surface area contributed by atoms with Crippen molar-refractivity contribution in [1.82, 2.24) is 0 Å². The van der Waals surface area contributed by atoms with Crippen LogP contribution in [0.3, 0.4) is 0 Å². The van der Waals surface area contributed by atoms with E-state index in [4.69, 9.17) is 42.6 Å². The van der Waals surface area contributed by atoms with Crippen LogP contribution >= 0.6 is 0 Å². The number of hydrogen-bond acceptors (Lipinski definition) is 19. The first-order chi connectivity index (χ1) is 27.1. The van der Waals surface area contributed by atoms with Crippen molar-refractivity contribution >= 4 is 17.9 Å². The zero-order chi connectivity index (χ0) is 41.7. The molecule has 0 aliphatic carbocycles. The summed E-state index contributed by atoms with van der Waals surface area (Å²) in [7, 11) is 5.03. The minimum absolute atomic E-state index is 0.0249. The van der Waals surface area contributed by atoms with Gasteiger partial charge in [0.25, 0.3) is 0 Å². The van der Waals surface area contributed by atoms with Gasteiger partial charge in [0, 0.05) is 5.56 Å². The summed E-state index contributed by atoms with van der Waals surface area (Å²) in [4.78, 5) is 37.4. The quantitative estimate of drug-likeness (QED) is 0.0957. The highest BCUT2D eigenvalue weighted by Gasteiger charge is 2.47. The summed E-state index contributed by atoms with van der Waals surface area (Å²) in [5.74, 6) is -3.78. The molecule has 2 heterocycles. The summed E-state index contributed by atoms with van der Waals surface area (Å²) in [5, 5.41) is 83.2. The number of carboxylic acids is 1. The summed E-state index contributed by atoms with van der Waals surface area (Å²) < 4.78 is 48.5. The number of hydrogen-bond donors (Lipinski definition) is 8. The van der Waals surface area contributed by atoms with E-state index >= 15 is 0 Å². The lowest BCUT2D eigenvalue weighted by Crippen LogP contribution is -2.60. The molecule has 0 spiro atoms. The van der Waals surface area contributed by atoms with Crippen molar-refractivity contribution in [3.05, 3.63) is 70.8 Å². The van der Waals surface area contributed by atoms with Crippen molar-refractivity contribution in [1.29, 1.82) is 0 Å². The number of methoxy groups -OCH3 is 4. The van der Waals surface area contributed by atoms with Crippen LogP contribution in [0.25, 0.3) is 0 Å². The van der Waals surface area contributed by atoms with Crippen molar-refractivity contribution in [3.63, 3.8) is 0 Å². The molecule has 0 unspecified atom stereocenters. The normalized spacial score (nSPS) is 27.1. The SMILES string of the molecule is COc1cc(C(=O)OC[C@H]2O[C@@H](c3ccc(C(=O)O)cc3OC)[C@H](O)[C@@H](O)[C@@H]2O)ccc1O[C@@H]1O[C@H](COC(=O)c2cc(OC)c(O)c(OC)c2)[C@@H](O)[C@H](O)[C@H]1O. The van der Waals surface area contributed by atoms with E-state index < -0.39 is 92.3 Å². The number of carboxylic acid groups (broad SMARTS) is 1. The number of benzene rings is 3. The number of ether oxygens (including phenoxy) is 9. The molecular weight excluding hydrogens is 764 g/mol. The molecule has 8 N–H and O–H groups in total. The molecule has 57 heavy (non-hydrogen) atoms. The molecule has 2 saturated heterocycles. The fraction of sp³-hybridized carbons (Fsp3) is 0.432. The second-order valence-corrected chi connectivity index (χ2v) is 12.8. The number of carbonyl (C=O) groups is 3. The van der Waals surface area contributed by atoms with Crippen LogP contribution < -0.4 is 23.7 Å². The van der Waals surface area contributed by atoms with Crippen LogP contribution in [0, 0.1) is 0 Å². The standard InChI is InChI=1S/C37H42O20/c1-49-20-9-15(34(45)46)5-7-18(20)33-31(43)29(41)27(39)24(55-33)13-53-35(47)16-6-8-19(21(10-16)50-2)56-37-32(44)30(42)28(40)25(57-37)14-54-36(48)17-11-22(51-3)26(38)23(12-17)52-4/h5-12,24-25,27-33,37-44H,13-14H2,1-4H3,(H,45,46)/t24-,25-,27-,28-,29+,30+,31-,32-,33+,37-/m1/s1. The number of aliphatic hydroxyl groups excluding tert-OH is 6. The third kappa shape index (κ3) is 9.08. The number of phenolic OH excluding ortho intramolecular Hbond substituents is 1. The van der Waals surface area contributed by atoms with Crippen LogP contribution in [0.1, 0.15) is 42.7 Å². The first-order valence-electron chi connectivity index (χ1n) is 17.1. The Balaban J connectivity index is 1.24. The average molecular weight is 807 g/mol. The molecule has 10 atom stereocenters. The van der Waals surface area contributed by atoms with Crippen molar-refractivity contribution in [2.24, 2.45) is 0 Å². The highest BCUT2D eigenvalue weighted by molar-refractivity contribution is 5.91. The van der Waals surface area contributed by atoms with E-state index in [-0.39, 0.29) is 56.8 Å². The Hall–Kier alpha value is -5.45. The summed E-state index contributed by atoms with van der Waals surface area (Å²) in [6.45, 7) is -1.24. The van der Waals surface area contributed by atoms with Gasteiger partial charge in [-0.3, -0.25) is 0 Å². The van der Waals surface area contributed by atoms with E-state index in [9.17, 15) is 55.2 Å². The van der Waals surface area contributed by atoms with E-state index in [1.807, 2.05) is 0 Å². The lowest BCUT2D eigenvalue weighted by molar-refractivity contribution is -0.277. The molecule has 2 aliphatic heterocycles. The van der Waals surface area contributed by atoms with E-state index in [0.29, 0.717) is 0 Å². The third-order valence-electron chi connectivity index (χ3n) is 9.28. The molecule has 2 aliphatic rings. The molecule has 5 rings (SSSR count). The molecule has 20 nitrogen and oxygen atoms in total. The zero-order valence-electron chi connectivity index (χ0n) is 30.8. The van der Waals surface area contributed by atoms with Gasteiger partial charge < -0.3 is 83.5 Å². The number of phenols is 1. The summed E-state index contributed by atoms with van der Waals surface area (Å²) in [5.41, 5.74) is -0.135. The highest BCUT2D eigenvalue weighted by Crippen LogP contribution is 2.39. The zero-order valence-corrected chi connectivity index (χ0v) is 30.8. The summed E-state index contributed by atoms with van der Waals surface area (Å²) in [6.07, 6.45) is -16.3. The predicted molar refractivity (Wildman–Crippen MR) is 188 cm³/mol. The molecular formula is C37H42O20. The molecule has 3 aromatic rings. The number of esters is 2. The number of aliphatic hydroxyl groups is 6. The van der Waals surface area contributed by atoms with Crippen LogP contribution in [-0.2, 0) is 18.9 Å². The molecule has 0 radical (unpaired) electrons. The van der Waals surface area contributed by atoms with Crippen molar-refractivity contribution < 1.29 is 97.9 Å². The van der Waals surface area contributed by atoms with Crippen molar-refractivity contribution in [3.8, 4) is 34.5 Å². The molecule has 3 aromatic carbocycles. The Morgan fingerprint density at radius 2 is 1.05 bits per heavy atom. The Morgan fingerprint density at radius 1 is 0.561 bits per heavy atom. The molecule has 0 aromatic heterocycles. The van der Waals surface area contributed by atoms with E-state index in [2.05, 4.69) is 0 Å². The molecule has 0 bridgehead atoms. The number of aromatic carboxylic acids is 1. The lowest BCUT2D eigenvalue weighted by atomic mass is 9.90. The molecule has 2 fully saturated rings. The van der Waals surface area contributed by atoms with Gasteiger partial charge in [-0.15, -0.1) is 0 Å². The smallest absolute Gasteiger partial charge is 0.338 e. The number of aromatic hydroxyl groups is 1. The average Bonchev–Trinajstić information content (AvgIpc) is 3.21. The first-order valence-corrected chi connectivity index (χ1v) is 17.1. The fourth-order valence-electron chi connectivity index (χ4n) is 6.09. The van der Waals surface area contributed by atoms with Crippen LogP contribution in [0.4, 0.5) is 0 Å². The number of carbonyl (C=O) groups excluding carboxylic acids is 2. The van der Waals surface area contributed by atoms with Gasteiger partial charge in [0.1, 0.15) is 73.9 Å². The molecule has 310 valence electrons. The maximum atomic E-state index is 13.1. The minimum atomic E-state index is -1.83. The van der Waals surface area contributed by atoms with Crippen LogP contribution in [0.2, 0.25) is 0 Å². The fourth-order valence-corrected chi connectivity index (χ4v) is 6.09. The van der Waals surface area contributed by atoms with Gasteiger partial charge in [-0.2, -0.15) is 0 Å². The number of rotatable bonds is 14. The summed E-state index contributed by atoms with van der Waals surface area (Å²) >= 11 is 0. The summed E-state index contributed by atoms with van der Waals surface area (Å²) in [6, 6.07) is 9.83. The maximum Gasteiger partial charge on any atom is 0.338 e. The maximum absolute atomic E-state index is 13.1. The Bertz CT molecular complexity index is 1890. The van der Waals surface area contributed by atoms with Gasteiger partial charge in [-0.05, 0) is 42.5 Å². The molecule has 20 heteroatoms. The van der Waals surface area contributed by atoms with Gasteiger partial charge in [-0.25, -0.2) is 14.4 Å². The van der Waals surface area contributed by atoms with Gasteiger partial charge in [0.2, 0.25) is 12.0 Å². The Labute approximate surface area is 323 Å². The van der Waals surface area contributed by atoms with Gasteiger partial charge >= 0.3 is 17.9 Å². The largest absolute Gasteiger partial charge is 0.502 e. The highest BCUT2D eigenvalue weighted by atomic mass is 16.7. The van der Waals surface area contributed by atoms with E-state index in [1.165, 1.54) is 77.0 Å². The van der Waals surface area contributed by atoms with Gasteiger partial charge in [-0.1, -0.05) is 6.07 Å². The molecule has 0 saturated carbocycles. The lowest BCUT2D eigenvalue weighted by Gasteiger charge is -2.40. The first kappa shape index (κ1) is 42.7. The van der Waals surface area contributed by atoms with Gasteiger partial charge in [0.15, 0.2) is 23.0 Å². The van der Waals surface area contributed by atoms with Gasteiger partial charge in [0.05, 0.1) is 45.1 Å². The van der Waals surface area contributed by atoms with Crippen LogP contribution in [0.15, 0.2) is 48.5 Å². The van der Waals surface area contributed by atoms with Crippen LogP contribution in [0.5, 0.6) is 34.5 Å². The minimum Gasteiger partial charge on any atom is -0.502 e. The Kier molecular flexibility index (Phi) is 13.6. The van der Waals surface area contributed by atoms with Crippen molar-refractivity contribution in [2.45, 2.75) is 61.2 Å². The second-order valence-electron chi connectivity index (χ2n) is 12.8. The third-order valence-corrected chi connectivity index (χ3v) is 9.28. The monoisotopic (exact) mass is 806 g/mol. The second kappa shape index (κ2) is 18.2. The van der Waals surface area contributed by atoms with E-state index in [1.54, 1.807) is 0 Å². The Morgan fingerprint density at radius 3 is 1.61 bits per heavy atom. The topological polar surface area (TPSA) is 296 Å². The van der Waals surface area contributed by atoms with Crippen LogP contribution in [-0.4, -0.2) is 156 Å².